The van der Waals surface area contributed by atoms with Crippen LogP contribution >= 0.6 is 23.2 Å². The Kier molecular flexibility index (Phi) is 27.7. The number of allylic oxidation sites excluding steroid dienone is 6. The zero-order valence-corrected chi connectivity index (χ0v) is 57.2. The van der Waals surface area contributed by atoms with E-state index in [-0.39, 0.29) is 63.3 Å². The summed E-state index contributed by atoms with van der Waals surface area (Å²) >= 11 is 10.2. The van der Waals surface area contributed by atoms with Crippen LogP contribution < -0.4 is 0 Å². The van der Waals surface area contributed by atoms with Crippen molar-refractivity contribution in [3.63, 3.8) is 0 Å². The first kappa shape index (κ1) is 75.3. The maximum atomic E-state index is 14.3. The Hall–Kier alpha value is -9.13. The molecule has 0 saturated carbocycles. The number of carboxylic acids is 1. The molecular formula is C72H65Cl2F3O17S3. The molecule has 3 aliphatic rings. The molecule has 0 aromatic heterocycles. The molecule has 6 aromatic carbocycles. The lowest BCUT2D eigenvalue weighted by atomic mass is 10.0. The molecule has 17 nitrogen and oxygen atoms in total. The minimum absolute atomic E-state index is 0.00812. The van der Waals surface area contributed by atoms with Crippen molar-refractivity contribution >= 4 is 149 Å². The summed E-state index contributed by atoms with van der Waals surface area (Å²) < 4.78 is 107. The summed E-state index contributed by atoms with van der Waals surface area (Å²) in [6.45, 7) is 3.34. The maximum absolute atomic E-state index is 14.3. The summed E-state index contributed by atoms with van der Waals surface area (Å²) in [6, 6.07) is 34.8. The zero-order valence-electron chi connectivity index (χ0n) is 53.2. The van der Waals surface area contributed by atoms with Crippen molar-refractivity contribution < 1.29 is 92.9 Å². The Bertz CT molecular complexity index is 4110. The topological polar surface area (TPSA) is 246 Å². The highest BCUT2D eigenvalue weighted by molar-refractivity contribution is 7.84. The van der Waals surface area contributed by atoms with E-state index in [9.17, 15) is 59.4 Å². The van der Waals surface area contributed by atoms with Crippen LogP contribution in [0.4, 0.5) is 13.2 Å². The van der Waals surface area contributed by atoms with Gasteiger partial charge in [0.05, 0.1) is 19.3 Å². The van der Waals surface area contributed by atoms with E-state index in [4.69, 9.17) is 47.3 Å². The maximum Gasteiger partial charge on any atom is 0.344 e. The lowest BCUT2D eigenvalue weighted by molar-refractivity contribution is -0.163. The van der Waals surface area contributed by atoms with E-state index >= 15 is 0 Å². The molecule has 0 aliphatic heterocycles. The standard InChI is InChI=1S/C46H40F2O10S2.C20H17FO3S.C6H8Cl2O4/c1-27-37(19-29-5-11-33(12-6-29)59(3)53)35-15-9-31(47)21-41(35)39(27)23-43(49)57-25-45(51)55-17-18-56-46(52)26-58-44(50)24-40-28(2)38(36-16-10-32(48)22-42(36)40)20-30-7-13-34(14-8-30)60(4)54;1-12-17(9-13-3-6-15(7-4-13)25(2)24)16-8-5-14(21)10-19(16)18(12)11-20(22)23;7-3-5(9)11-1-2-12-6(10)4-8/h5-16,19-22H,17-18,23-26H2,1-4H3;3-10H,11H2,1-2H3,(H,22,23);1-4H2/b37-19-,38-20-;17-9-;. The van der Waals surface area contributed by atoms with E-state index in [0.29, 0.717) is 43.2 Å². The first-order valence-corrected chi connectivity index (χ1v) is 35.2. The smallest absolute Gasteiger partial charge is 0.344 e. The average molecular weight is 1430 g/mol. The third kappa shape index (κ3) is 21.2. The van der Waals surface area contributed by atoms with Crippen molar-refractivity contribution in [1.82, 2.24) is 0 Å². The van der Waals surface area contributed by atoms with E-state index in [1.165, 1.54) is 36.4 Å². The molecule has 508 valence electrons. The molecular weight excluding hydrogens is 1360 g/mol. The predicted molar refractivity (Wildman–Crippen MR) is 366 cm³/mol. The molecule has 25 heteroatoms. The highest BCUT2D eigenvalue weighted by Crippen LogP contribution is 2.47. The van der Waals surface area contributed by atoms with E-state index in [1.807, 2.05) is 75.4 Å². The number of carbonyl (C=O) groups excluding carboxylic acids is 6. The molecule has 3 aliphatic carbocycles. The largest absolute Gasteiger partial charge is 0.481 e. The highest BCUT2D eigenvalue weighted by atomic mass is 35.5. The molecule has 0 amide bonds. The van der Waals surface area contributed by atoms with Crippen LogP contribution in [0.25, 0.3) is 51.7 Å². The van der Waals surface area contributed by atoms with Gasteiger partial charge in [0.25, 0.3) is 0 Å². The van der Waals surface area contributed by atoms with Gasteiger partial charge >= 0.3 is 41.8 Å². The van der Waals surface area contributed by atoms with Crippen LogP contribution in [0.1, 0.15) is 90.1 Å². The lowest BCUT2D eigenvalue weighted by Gasteiger charge is -2.09. The molecule has 0 radical (unpaired) electrons. The number of carboxylic acid groups (broad SMARTS) is 1. The van der Waals surface area contributed by atoms with Crippen LogP contribution in [0, 0.1) is 17.5 Å². The third-order valence-corrected chi connectivity index (χ3v) is 18.3. The second-order valence-electron chi connectivity index (χ2n) is 21.5. The summed E-state index contributed by atoms with van der Waals surface area (Å²) in [4.78, 5) is 84.3. The van der Waals surface area contributed by atoms with Gasteiger partial charge in [0.1, 0.15) is 55.6 Å². The van der Waals surface area contributed by atoms with Gasteiger partial charge in [0, 0.05) is 65.9 Å². The minimum Gasteiger partial charge on any atom is -0.481 e. The Balaban J connectivity index is 0.000000291. The third-order valence-electron chi connectivity index (χ3n) is 15.0. The van der Waals surface area contributed by atoms with Crippen LogP contribution in [0.2, 0.25) is 0 Å². The molecule has 97 heavy (non-hydrogen) atoms. The molecule has 3 atom stereocenters. The number of ether oxygens (including phenoxy) is 6. The van der Waals surface area contributed by atoms with Crippen LogP contribution in [0.3, 0.4) is 0 Å². The molecule has 0 bridgehead atoms. The van der Waals surface area contributed by atoms with Gasteiger partial charge in [-0.2, -0.15) is 0 Å². The number of carbonyl (C=O) groups is 7. The fourth-order valence-electron chi connectivity index (χ4n) is 10.3. The minimum atomic E-state index is -1.13. The van der Waals surface area contributed by atoms with Crippen molar-refractivity contribution in [2.75, 3.05) is 70.2 Å². The molecule has 0 saturated heterocycles. The molecule has 1 N–H and O–H groups in total. The first-order chi connectivity index (χ1) is 46.2. The Morgan fingerprint density at radius 1 is 0.381 bits per heavy atom. The fourth-order valence-corrected chi connectivity index (χ4v) is 12.0. The number of fused-ring (bicyclic) bond motifs is 3. The van der Waals surface area contributed by atoms with Gasteiger partial charge in [-0.1, -0.05) is 54.6 Å². The average Bonchev–Trinajstić information content (AvgIpc) is 1.64. The first-order valence-electron chi connectivity index (χ1n) is 29.5. The fraction of sp³-hybridized carbons (Fsp3) is 0.236. The monoisotopic (exact) mass is 1420 g/mol. The van der Waals surface area contributed by atoms with Crippen molar-refractivity contribution in [3.8, 4) is 0 Å². The Morgan fingerprint density at radius 3 is 0.907 bits per heavy atom. The van der Waals surface area contributed by atoms with Gasteiger partial charge < -0.3 is 33.5 Å². The van der Waals surface area contributed by atoms with Crippen molar-refractivity contribution in [2.24, 2.45) is 0 Å². The van der Waals surface area contributed by atoms with Gasteiger partial charge in [-0.25, -0.2) is 22.8 Å². The SMILES string of the molecule is CC1=C(CC(=O)O)c2cc(F)ccc2/C1=C\c1ccc(S(C)=O)cc1.CC1=C(CC(=O)OCC(=O)OCCOC(=O)COC(=O)CC2=C(C)/C(=C/c3ccc(S(C)=O)cc3)c3ccc(F)cc32)c2cc(F)ccc2/C1=C\c1ccc(S(C)=O)cc1.O=C(CCl)OCCOC(=O)CCl. The number of benzene rings is 6. The molecule has 6 aromatic rings. The lowest BCUT2D eigenvalue weighted by Crippen LogP contribution is -2.21. The number of esters is 6. The summed E-state index contributed by atoms with van der Waals surface area (Å²) in [7, 11) is -3.30. The summed E-state index contributed by atoms with van der Waals surface area (Å²) in [5.41, 5.74) is 13.0. The Morgan fingerprint density at radius 2 is 0.649 bits per heavy atom. The van der Waals surface area contributed by atoms with Crippen LogP contribution in [-0.4, -0.2) is 130 Å². The van der Waals surface area contributed by atoms with E-state index in [0.717, 1.165) is 71.7 Å². The Labute approximate surface area is 575 Å². The number of aliphatic carboxylic acids is 1. The van der Waals surface area contributed by atoms with Crippen molar-refractivity contribution in [1.29, 1.82) is 0 Å². The number of hydrogen-bond donors (Lipinski definition) is 1. The van der Waals surface area contributed by atoms with Crippen LogP contribution in [-0.2, 0) is 94.4 Å². The summed E-state index contributed by atoms with van der Waals surface area (Å²) in [6.07, 6.45) is 9.92. The highest BCUT2D eigenvalue weighted by Gasteiger charge is 2.30. The van der Waals surface area contributed by atoms with E-state index in [2.05, 4.69) is 9.47 Å². The number of rotatable bonds is 24. The number of halogens is 5. The van der Waals surface area contributed by atoms with Crippen molar-refractivity contribution in [2.45, 2.75) is 54.7 Å². The number of hydrogen-bond acceptors (Lipinski definition) is 16. The van der Waals surface area contributed by atoms with Gasteiger partial charge in [-0.15, -0.1) is 23.2 Å². The summed E-state index contributed by atoms with van der Waals surface area (Å²) in [5.74, 6) is -7.07. The predicted octanol–water partition coefficient (Wildman–Crippen LogP) is 12.7. The van der Waals surface area contributed by atoms with Gasteiger partial charge in [-0.05, 0) is 212 Å². The molecule has 0 spiro atoms. The molecule has 9 rings (SSSR count). The normalized spacial score (nSPS) is 14.9. The van der Waals surface area contributed by atoms with Crippen LogP contribution in [0.15, 0.2) is 159 Å². The van der Waals surface area contributed by atoms with Crippen LogP contribution in [0.5, 0.6) is 0 Å². The van der Waals surface area contributed by atoms with E-state index in [1.54, 1.807) is 73.4 Å². The second-order valence-corrected chi connectivity index (χ2v) is 26.2. The second kappa shape index (κ2) is 35.7. The van der Waals surface area contributed by atoms with Gasteiger partial charge in [0.2, 0.25) is 0 Å². The molecule has 3 unspecified atom stereocenters. The van der Waals surface area contributed by atoms with E-state index < -0.39 is 99.0 Å². The van der Waals surface area contributed by atoms with Crippen molar-refractivity contribution in [3.05, 3.63) is 212 Å². The molecule has 0 fully saturated rings. The van der Waals surface area contributed by atoms with Gasteiger partial charge in [0.15, 0.2) is 13.2 Å². The quantitative estimate of drug-likeness (QED) is 0.0256. The van der Waals surface area contributed by atoms with Gasteiger partial charge in [-0.3, -0.25) is 36.6 Å². The zero-order chi connectivity index (χ0) is 70.6. The molecule has 0 heterocycles. The summed E-state index contributed by atoms with van der Waals surface area (Å²) in [5, 5.41) is 9.17. The number of alkyl halides is 2.